The normalized spacial score (nSPS) is 31.2. The predicted octanol–water partition coefficient (Wildman–Crippen LogP) is 5.04. The molecule has 2 atom stereocenters. The minimum Gasteiger partial charge on any atom is -0.389 e. The highest BCUT2D eigenvalue weighted by Gasteiger charge is 2.43. The Morgan fingerprint density at radius 1 is 1.00 bits per heavy atom. The molecule has 0 amide bonds. The predicted molar refractivity (Wildman–Crippen MR) is 88.4 cm³/mol. The first kappa shape index (κ1) is 15.1. The Hall–Kier alpha value is -0.820. The van der Waals surface area contributed by atoms with Gasteiger partial charge in [-0.25, -0.2) is 0 Å². The second-order valence-electron chi connectivity index (χ2n) is 7.46. The fourth-order valence-corrected chi connectivity index (χ4v) is 4.82. The van der Waals surface area contributed by atoms with E-state index in [0.717, 1.165) is 18.8 Å². The zero-order chi connectivity index (χ0) is 14.7. The molecule has 21 heavy (non-hydrogen) atoms. The number of rotatable bonds is 3. The summed E-state index contributed by atoms with van der Waals surface area (Å²) in [7, 11) is 0. The monoisotopic (exact) mass is 286 g/mol. The van der Waals surface area contributed by atoms with Crippen molar-refractivity contribution in [3.8, 4) is 0 Å². The molecule has 2 unspecified atom stereocenters. The van der Waals surface area contributed by atoms with E-state index < -0.39 is 5.60 Å². The lowest BCUT2D eigenvalue weighted by atomic mass is 9.63. The largest absolute Gasteiger partial charge is 0.389 e. The van der Waals surface area contributed by atoms with E-state index in [1.807, 2.05) is 0 Å². The first-order valence-corrected chi connectivity index (χ1v) is 8.96. The minimum absolute atomic E-state index is 0.452. The van der Waals surface area contributed by atoms with Crippen molar-refractivity contribution in [2.45, 2.75) is 76.7 Å². The first-order valence-electron chi connectivity index (χ1n) is 8.96. The third-order valence-electron chi connectivity index (χ3n) is 6.04. The van der Waals surface area contributed by atoms with E-state index in [0.29, 0.717) is 5.92 Å². The van der Waals surface area contributed by atoms with Gasteiger partial charge in [0.1, 0.15) is 0 Å². The molecule has 3 rings (SSSR count). The zero-order valence-corrected chi connectivity index (χ0v) is 13.5. The molecular weight excluding hydrogens is 256 g/mol. The van der Waals surface area contributed by atoms with Gasteiger partial charge in [0.15, 0.2) is 0 Å². The van der Waals surface area contributed by atoms with Crippen molar-refractivity contribution in [3.05, 3.63) is 35.4 Å². The van der Waals surface area contributed by atoms with Crippen LogP contribution in [-0.2, 0) is 6.42 Å². The van der Waals surface area contributed by atoms with Crippen LogP contribution in [0.4, 0.5) is 0 Å². The molecule has 2 aliphatic carbocycles. The van der Waals surface area contributed by atoms with Crippen LogP contribution in [0.25, 0.3) is 0 Å². The summed E-state index contributed by atoms with van der Waals surface area (Å²) in [5.74, 6) is 1.30. The van der Waals surface area contributed by atoms with Crippen LogP contribution in [0.15, 0.2) is 24.3 Å². The van der Waals surface area contributed by atoms with Crippen LogP contribution in [0.3, 0.4) is 0 Å². The van der Waals surface area contributed by atoms with Gasteiger partial charge in [-0.1, -0.05) is 69.2 Å². The molecule has 1 N–H and O–H groups in total. The second-order valence-corrected chi connectivity index (χ2v) is 7.46. The molecule has 0 aliphatic heterocycles. The summed E-state index contributed by atoms with van der Waals surface area (Å²) in [6.07, 6.45) is 12.5. The summed E-state index contributed by atoms with van der Waals surface area (Å²) < 4.78 is 0. The van der Waals surface area contributed by atoms with Gasteiger partial charge in [-0.05, 0) is 42.7 Å². The van der Waals surface area contributed by atoms with Gasteiger partial charge in [0.2, 0.25) is 0 Å². The Bertz CT molecular complexity index is 461. The molecule has 0 saturated heterocycles. The molecule has 1 nitrogen and oxygen atoms in total. The van der Waals surface area contributed by atoms with Crippen molar-refractivity contribution in [1.29, 1.82) is 0 Å². The quantitative estimate of drug-likeness (QED) is 0.825. The minimum atomic E-state index is -0.452. The Morgan fingerprint density at radius 2 is 1.71 bits per heavy atom. The van der Waals surface area contributed by atoms with Crippen molar-refractivity contribution in [1.82, 2.24) is 0 Å². The van der Waals surface area contributed by atoms with E-state index in [1.54, 1.807) is 0 Å². The molecule has 0 heterocycles. The molecule has 2 saturated carbocycles. The molecule has 0 bridgehead atoms. The highest BCUT2D eigenvalue weighted by Crippen LogP contribution is 2.45. The lowest BCUT2D eigenvalue weighted by Crippen LogP contribution is -2.46. The van der Waals surface area contributed by atoms with Crippen LogP contribution in [0.5, 0.6) is 0 Å². The van der Waals surface area contributed by atoms with Gasteiger partial charge in [-0.3, -0.25) is 0 Å². The van der Waals surface area contributed by atoms with Crippen molar-refractivity contribution in [2.75, 3.05) is 0 Å². The Morgan fingerprint density at radius 3 is 2.48 bits per heavy atom. The molecule has 0 radical (unpaired) electrons. The maximum absolute atomic E-state index is 11.5. The average Bonchev–Trinajstić information content (AvgIpc) is 2.51. The van der Waals surface area contributed by atoms with E-state index in [9.17, 15) is 5.11 Å². The Kier molecular flexibility index (Phi) is 4.69. The second kappa shape index (κ2) is 6.52. The Labute approximate surface area is 129 Å². The molecule has 1 heteroatoms. The Balaban J connectivity index is 1.79. The van der Waals surface area contributed by atoms with Gasteiger partial charge < -0.3 is 5.11 Å². The van der Waals surface area contributed by atoms with Crippen LogP contribution < -0.4 is 0 Å². The molecule has 2 aliphatic rings. The topological polar surface area (TPSA) is 20.2 Å². The van der Waals surface area contributed by atoms with Crippen molar-refractivity contribution in [2.24, 2.45) is 11.8 Å². The van der Waals surface area contributed by atoms with Gasteiger partial charge in [0, 0.05) is 6.42 Å². The van der Waals surface area contributed by atoms with Crippen LogP contribution in [0, 0.1) is 18.8 Å². The van der Waals surface area contributed by atoms with E-state index >= 15 is 0 Å². The van der Waals surface area contributed by atoms with Crippen LogP contribution in [0.1, 0.15) is 68.9 Å². The standard InChI is InChI=1S/C20H30O/c1-16-9-5-6-12-18(16)15-20(21)14-8-7-13-19(20)17-10-3-2-4-11-17/h5-6,9,12,17,19,21H,2-4,7-8,10-11,13-15H2,1H3. The highest BCUT2D eigenvalue weighted by molar-refractivity contribution is 5.27. The highest BCUT2D eigenvalue weighted by atomic mass is 16.3. The van der Waals surface area contributed by atoms with E-state index in [4.69, 9.17) is 0 Å². The summed E-state index contributed by atoms with van der Waals surface area (Å²) in [5.41, 5.74) is 2.23. The molecule has 0 spiro atoms. The van der Waals surface area contributed by atoms with Crippen LogP contribution >= 0.6 is 0 Å². The summed E-state index contributed by atoms with van der Waals surface area (Å²) in [6.45, 7) is 2.18. The zero-order valence-electron chi connectivity index (χ0n) is 13.5. The summed E-state index contributed by atoms with van der Waals surface area (Å²) >= 11 is 0. The summed E-state index contributed by atoms with van der Waals surface area (Å²) in [4.78, 5) is 0. The molecule has 116 valence electrons. The number of benzene rings is 1. The van der Waals surface area contributed by atoms with Gasteiger partial charge in [-0.15, -0.1) is 0 Å². The van der Waals surface area contributed by atoms with Gasteiger partial charge in [0.05, 0.1) is 5.60 Å². The number of hydrogen-bond donors (Lipinski definition) is 1. The fourth-order valence-electron chi connectivity index (χ4n) is 4.82. The lowest BCUT2D eigenvalue weighted by Gasteiger charge is -2.45. The van der Waals surface area contributed by atoms with Crippen LogP contribution in [-0.4, -0.2) is 10.7 Å². The van der Waals surface area contributed by atoms with Gasteiger partial charge >= 0.3 is 0 Å². The van der Waals surface area contributed by atoms with Crippen molar-refractivity contribution < 1.29 is 5.11 Å². The smallest absolute Gasteiger partial charge is 0.0718 e. The molecule has 0 aromatic heterocycles. The molecule has 1 aromatic rings. The third-order valence-corrected chi connectivity index (χ3v) is 6.04. The third kappa shape index (κ3) is 3.34. The van der Waals surface area contributed by atoms with Gasteiger partial charge in [-0.2, -0.15) is 0 Å². The van der Waals surface area contributed by atoms with Crippen molar-refractivity contribution in [3.63, 3.8) is 0 Å². The molecule has 1 aromatic carbocycles. The summed E-state index contributed by atoms with van der Waals surface area (Å²) in [5, 5.41) is 11.5. The number of aryl methyl sites for hydroxylation is 1. The van der Waals surface area contributed by atoms with Crippen LogP contribution in [0.2, 0.25) is 0 Å². The van der Waals surface area contributed by atoms with Crippen molar-refractivity contribution >= 4 is 0 Å². The fraction of sp³-hybridized carbons (Fsp3) is 0.700. The van der Waals surface area contributed by atoms with Gasteiger partial charge in [0.25, 0.3) is 0 Å². The maximum atomic E-state index is 11.5. The maximum Gasteiger partial charge on any atom is 0.0718 e. The molecule has 2 fully saturated rings. The van der Waals surface area contributed by atoms with E-state index in [-0.39, 0.29) is 0 Å². The number of aliphatic hydroxyl groups is 1. The summed E-state index contributed by atoms with van der Waals surface area (Å²) in [6, 6.07) is 8.60. The number of hydrogen-bond acceptors (Lipinski definition) is 1. The molecular formula is C20H30O. The average molecular weight is 286 g/mol. The van der Waals surface area contributed by atoms with E-state index in [2.05, 4.69) is 31.2 Å². The lowest BCUT2D eigenvalue weighted by molar-refractivity contribution is -0.0767. The SMILES string of the molecule is Cc1ccccc1CC1(O)CCCCC1C1CCCCC1. The van der Waals surface area contributed by atoms with E-state index in [1.165, 1.54) is 62.5 Å². The first-order chi connectivity index (χ1) is 10.2.